The Morgan fingerprint density at radius 3 is 2.75 bits per heavy atom. The molecule has 2 aromatic heterocycles. The predicted molar refractivity (Wildman–Crippen MR) is 65.9 cm³/mol. The smallest absolute Gasteiger partial charge is 0.133 e. The maximum atomic E-state index is 5.26. The fourth-order valence-corrected chi connectivity index (χ4v) is 1.72. The van der Waals surface area contributed by atoms with Gasteiger partial charge >= 0.3 is 0 Å². The van der Waals surface area contributed by atoms with Crippen molar-refractivity contribution in [2.45, 2.75) is 26.7 Å². The van der Waals surface area contributed by atoms with E-state index in [1.165, 1.54) is 0 Å². The van der Waals surface area contributed by atoms with Crippen LogP contribution in [-0.4, -0.2) is 9.97 Å². The van der Waals surface area contributed by atoms with Gasteiger partial charge in [0.2, 0.25) is 0 Å². The average molecular weight is 234 g/mol. The van der Waals surface area contributed by atoms with E-state index in [-0.39, 0.29) is 0 Å². The minimum Gasteiger partial charge on any atom is -0.472 e. The van der Waals surface area contributed by atoms with Gasteiger partial charge in [0.05, 0.1) is 18.2 Å². The van der Waals surface area contributed by atoms with Crippen LogP contribution in [0.4, 0.5) is 0 Å². The summed E-state index contributed by atoms with van der Waals surface area (Å²) in [5, 5.41) is 0. The zero-order chi connectivity index (χ0) is 11.7. The van der Waals surface area contributed by atoms with Crippen molar-refractivity contribution in [2.75, 3.05) is 0 Å². The van der Waals surface area contributed by atoms with Crippen molar-refractivity contribution in [3.63, 3.8) is 0 Å². The van der Waals surface area contributed by atoms with E-state index >= 15 is 0 Å². The number of hydrogen-bond acceptors (Lipinski definition) is 3. The molecule has 0 aliphatic rings. The van der Waals surface area contributed by atoms with E-state index in [2.05, 4.69) is 23.8 Å². The molecule has 0 aliphatic heterocycles. The van der Waals surface area contributed by atoms with Crippen LogP contribution in [0.1, 0.15) is 31.2 Å². The van der Waals surface area contributed by atoms with Gasteiger partial charge in [0, 0.05) is 17.0 Å². The van der Waals surface area contributed by atoms with E-state index in [1.54, 1.807) is 12.5 Å². The van der Waals surface area contributed by atoms with Gasteiger partial charge in [-0.3, -0.25) is 0 Å². The lowest BCUT2D eigenvalue weighted by molar-refractivity contribution is 0.568. The second-order valence-corrected chi connectivity index (χ2v) is 4.48. The van der Waals surface area contributed by atoms with Gasteiger partial charge < -0.3 is 9.40 Å². The Morgan fingerprint density at radius 2 is 2.19 bits per heavy atom. The topological polar surface area (TPSA) is 41.8 Å². The lowest BCUT2D eigenvalue weighted by Crippen LogP contribution is -2.01. The third-order valence-corrected chi connectivity index (χ3v) is 2.93. The van der Waals surface area contributed by atoms with Gasteiger partial charge in [-0.25, -0.2) is 4.98 Å². The summed E-state index contributed by atoms with van der Waals surface area (Å²) in [5.41, 5.74) is 2.99. The first-order valence-corrected chi connectivity index (χ1v) is 5.64. The average Bonchev–Trinajstić information content (AvgIpc) is 2.74. The number of nitrogens with one attached hydrogen (secondary N) is 1. The first-order valence-electron chi connectivity index (χ1n) is 5.23. The van der Waals surface area contributed by atoms with Gasteiger partial charge in [-0.15, -0.1) is 0 Å². The molecular formula is C12H14N2OS. The molecule has 84 valence electrons. The lowest BCUT2D eigenvalue weighted by atomic mass is 10.1. The molecule has 0 saturated heterocycles. The molecule has 2 rings (SSSR count). The summed E-state index contributed by atoms with van der Waals surface area (Å²) in [6.45, 7) is 6.14. The summed E-state index contributed by atoms with van der Waals surface area (Å²) in [7, 11) is 0. The normalized spacial score (nSPS) is 11.0. The highest BCUT2D eigenvalue weighted by Crippen LogP contribution is 2.23. The fourth-order valence-electron chi connectivity index (χ4n) is 1.52. The number of nitrogens with zero attached hydrogens (tertiary/aromatic N) is 1. The molecule has 0 unspecified atom stereocenters. The summed E-state index contributed by atoms with van der Waals surface area (Å²) >= 11 is 5.26. The molecular weight excluding hydrogens is 220 g/mol. The number of rotatable bonds is 2. The van der Waals surface area contributed by atoms with Crippen molar-refractivity contribution in [2.24, 2.45) is 0 Å². The van der Waals surface area contributed by atoms with Gasteiger partial charge in [-0.2, -0.15) is 0 Å². The lowest BCUT2D eigenvalue weighted by Gasteiger charge is -2.10. The fraction of sp³-hybridized carbons (Fsp3) is 0.333. The Labute approximate surface area is 99.5 Å². The van der Waals surface area contributed by atoms with Gasteiger partial charge in [0.15, 0.2) is 0 Å². The predicted octanol–water partition coefficient (Wildman–Crippen LogP) is 3.83. The quantitative estimate of drug-likeness (QED) is 0.803. The van der Waals surface area contributed by atoms with Gasteiger partial charge in [0.1, 0.15) is 10.5 Å². The Kier molecular flexibility index (Phi) is 2.92. The highest BCUT2D eigenvalue weighted by atomic mass is 32.1. The molecule has 16 heavy (non-hydrogen) atoms. The van der Waals surface area contributed by atoms with E-state index in [4.69, 9.17) is 16.6 Å². The molecule has 4 heteroatoms. The molecule has 0 radical (unpaired) electrons. The summed E-state index contributed by atoms with van der Waals surface area (Å²) in [6, 6.07) is 1.91. The summed E-state index contributed by atoms with van der Waals surface area (Å²) in [6.07, 6.45) is 3.36. The Morgan fingerprint density at radius 1 is 1.44 bits per heavy atom. The summed E-state index contributed by atoms with van der Waals surface area (Å²) < 4.78 is 5.74. The molecule has 3 nitrogen and oxygen atoms in total. The van der Waals surface area contributed by atoms with Crippen molar-refractivity contribution >= 4 is 12.2 Å². The van der Waals surface area contributed by atoms with Crippen molar-refractivity contribution in [3.8, 4) is 11.3 Å². The van der Waals surface area contributed by atoms with Crippen molar-refractivity contribution < 1.29 is 4.42 Å². The minimum atomic E-state index is 0.327. The second kappa shape index (κ2) is 4.22. The van der Waals surface area contributed by atoms with Gasteiger partial charge in [-0.05, 0) is 13.0 Å². The number of H-pyrrole nitrogens is 1. The van der Waals surface area contributed by atoms with Crippen LogP contribution in [0.2, 0.25) is 0 Å². The molecule has 0 aromatic carbocycles. The van der Waals surface area contributed by atoms with Crippen LogP contribution in [0.3, 0.4) is 0 Å². The molecule has 0 amide bonds. The van der Waals surface area contributed by atoms with E-state index in [0.29, 0.717) is 10.6 Å². The maximum Gasteiger partial charge on any atom is 0.133 e. The van der Waals surface area contributed by atoms with Gasteiger partial charge in [0.25, 0.3) is 0 Å². The monoisotopic (exact) mass is 234 g/mol. The molecule has 0 bridgehead atoms. The Balaban J connectivity index is 2.65. The van der Waals surface area contributed by atoms with Crippen LogP contribution in [0.15, 0.2) is 23.0 Å². The zero-order valence-electron chi connectivity index (χ0n) is 9.57. The van der Waals surface area contributed by atoms with Crippen LogP contribution in [0.25, 0.3) is 11.3 Å². The highest BCUT2D eigenvalue weighted by Gasteiger charge is 2.10. The number of aromatic nitrogens is 2. The van der Waals surface area contributed by atoms with Crippen LogP contribution in [-0.2, 0) is 0 Å². The van der Waals surface area contributed by atoms with E-state index in [1.807, 2.05) is 13.0 Å². The first-order chi connectivity index (χ1) is 7.59. The second-order valence-electron chi connectivity index (χ2n) is 4.09. The minimum absolute atomic E-state index is 0.327. The molecule has 0 atom stereocenters. The SMILES string of the molecule is Cc1c(-c2ccoc2)[nH]c(C(C)C)nc1=S. The van der Waals surface area contributed by atoms with Crippen molar-refractivity contribution in [1.82, 2.24) is 9.97 Å². The van der Waals surface area contributed by atoms with E-state index in [0.717, 1.165) is 22.6 Å². The van der Waals surface area contributed by atoms with E-state index < -0.39 is 0 Å². The molecule has 0 spiro atoms. The first kappa shape index (κ1) is 11.1. The summed E-state index contributed by atoms with van der Waals surface area (Å²) in [4.78, 5) is 7.69. The van der Waals surface area contributed by atoms with Crippen LogP contribution in [0, 0.1) is 11.6 Å². The van der Waals surface area contributed by atoms with Crippen molar-refractivity contribution in [1.29, 1.82) is 0 Å². The molecule has 1 N–H and O–H groups in total. The van der Waals surface area contributed by atoms with Gasteiger partial charge in [-0.1, -0.05) is 26.1 Å². The zero-order valence-corrected chi connectivity index (χ0v) is 10.4. The van der Waals surface area contributed by atoms with Crippen LogP contribution in [0.5, 0.6) is 0 Å². The highest BCUT2D eigenvalue weighted by molar-refractivity contribution is 7.71. The van der Waals surface area contributed by atoms with Crippen molar-refractivity contribution in [3.05, 3.63) is 34.6 Å². The molecule has 2 heterocycles. The standard InChI is InChI=1S/C12H14N2OS/c1-7(2)11-13-10(8(3)12(16)14-11)9-4-5-15-6-9/h4-7H,1-3H3,(H,13,14,16). The molecule has 0 saturated carbocycles. The Hall–Kier alpha value is -1.42. The number of hydrogen-bond donors (Lipinski definition) is 1. The summed E-state index contributed by atoms with van der Waals surface area (Å²) in [5.74, 6) is 1.24. The Bertz CT molecular complexity index is 541. The van der Waals surface area contributed by atoms with Crippen LogP contribution < -0.4 is 0 Å². The molecule has 2 aromatic rings. The number of furan rings is 1. The largest absolute Gasteiger partial charge is 0.472 e. The number of aromatic amines is 1. The van der Waals surface area contributed by atoms with Crippen LogP contribution >= 0.6 is 12.2 Å². The maximum absolute atomic E-state index is 5.26. The third kappa shape index (κ3) is 1.93. The molecule has 0 aliphatic carbocycles. The third-order valence-electron chi connectivity index (χ3n) is 2.53. The van der Waals surface area contributed by atoms with E-state index in [9.17, 15) is 0 Å². The molecule has 0 fully saturated rings.